The summed E-state index contributed by atoms with van der Waals surface area (Å²) in [5.41, 5.74) is 1.34. The van der Waals surface area contributed by atoms with E-state index in [0.717, 1.165) is 5.56 Å². The Morgan fingerprint density at radius 3 is 2.29 bits per heavy atom. The van der Waals surface area contributed by atoms with Crippen LogP contribution in [0.3, 0.4) is 0 Å². The summed E-state index contributed by atoms with van der Waals surface area (Å²) in [5, 5.41) is 13.1. The molecule has 0 aliphatic carbocycles. The van der Waals surface area contributed by atoms with Crippen LogP contribution in [0.1, 0.15) is 27.4 Å². The van der Waals surface area contributed by atoms with Gasteiger partial charge in [0, 0.05) is 29.1 Å². The number of amides is 1. The molecule has 0 spiro atoms. The van der Waals surface area contributed by atoms with E-state index in [1.807, 2.05) is 0 Å². The Morgan fingerprint density at radius 2 is 1.71 bits per heavy atom. The van der Waals surface area contributed by atoms with E-state index in [-0.39, 0.29) is 22.2 Å². The lowest BCUT2D eigenvalue weighted by Gasteiger charge is -2.14. The highest BCUT2D eigenvalue weighted by atomic mass is 35.5. The molecule has 0 saturated heterocycles. The number of hydrogen-bond acceptors (Lipinski definition) is 6. The van der Waals surface area contributed by atoms with E-state index in [4.69, 9.17) is 41.8 Å². The van der Waals surface area contributed by atoms with Crippen LogP contribution in [0.25, 0.3) is 0 Å². The van der Waals surface area contributed by atoms with Crippen LogP contribution in [-0.4, -0.2) is 32.3 Å². The smallest absolute Gasteiger partial charge is 0.291 e. The lowest BCUT2D eigenvalue weighted by Crippen LogP contribution is -2.11. The summed E-state index contributed by atoms with van der Waals surface area (Å²) in [4.78, 5) is 12.6. The Kier molecular flexibility index (Phi) is 6.87. The first-order valence-corrected chi connectivity index (χ1v) is 9.91. The van der Waals surface area contributed by atoms with Gasteiger partial charge in [-0.15, -0.1) is 0 Å². The molecule has 2 aromatic carbocycles. The maximum absolute atomic E-state index is 12.6. The molecule has 0 aliphatic rings. The predicted molar refractivity (Wildman–Crippen MR) is 118 cm³/mol. The first-order valence-electron chi connectivity index (χ1n) is 9.15. The Labute approximate surface area is 189 Å². The molecule has 9 heteroatoms. The second kappa shape index (κ2) is 9.41. The summed E-state index contributed by atoms with van der Waals surface area (Å²) in [6.45, 7) is 1.66. The number of furan rings is 1. The fourth-order valence-corrected chi connectivity index (χ4v) is 3.46. The van der Waals surface area contributed by atoms with Crippen LogP contribution >= 0.6 is 23.2 Å². The number of methoxy groups -OCH3 is 3. The molecule has 3 aromatic rings. The highest BCUT2D eigenvalue weighted by molar-refractivity contribution is 6.37. The molecule has 1 heterocycles. The number of anilines is 1. The van der Waals surface area contributed by atoms with Gasteiger partial charge in [-0.2, -0.15) is 0 Å². The number of aromatic hydroxyl groups is 1. The molecule has 164 valence electrons. The van der Waals surface area contributed by atoms with Crippen LogP contribution in [0.15, 0.2) is 34.7 Å². The van der Waals surface area contributed by atoms with E-state index < -0.39 is 5.91 Å². The van der Waals surface area contributed by atoms with Crippen LogP contribution in [0.4, 0.5) is 5.69 Å². The summed E-state index contributed by atoms with van der Waals surface area (Å²) in [6, 6.07) is 8.10. The van der Waals surface area contributed by atoms with Crippen molar-refractivity contribution in [1.29, 1.82) is 0 Å². The molecular formula is C22H21Cl2NO6. The lowest BCUT2D eigenvalue weighted by molar-refractivity contribution is 0.0994. The average molecular weight is 466 g/mol. The van der Waals surface area contributed by atoms with E-state index in [1.54, 1.807) is 46.5 Å². The minimum Gasteiger partial charge on any atom is -0.504 e. The van der Waals surface area contributed by atoms with Crippen LogP contribution in [-0.2, 0) is 6.42 Å². The van der Waals surface area contributed by atoms with Crippen molar-refractivity contribution in [2.75, 3.05) is 26.6 Å². The Bertz CT molecular complexity index is 1100. The number of hydrogen-bond donors (Lipinski definition) is 2. The van der Waals surface area contributed by atoms with Gasteiger partial charge in [-0.1, -0.05) is 23.2 Å². The molecule has 1 aromatic heterocycles. The average Bonchev–Trinajstić information content (AvgIpc) is 3.24. The number of carbonyl (C=O) groups excluding carboxylic acids is 1. The molecule has 0 aliphatic heterocycles. The van der Waals surface area contributed by atoms with E-state index in [9.17, 15) is 9.90 Å². The number of carbonyl (C=O) groups is 1. The number of halogens is 2. The van der Waals surface area contributed by atoms with Crippen molar-refractivity contribution in [2.45, 2.75) is 13.3 Å². The second-order valence-electron chi connectivity index (χ2n) is 6.60. The normalized spacial score (nSPS) is 10.6. The summed E-state index contributed by atoms with van der Waals surface area (Å²) in [5.74, 6) is 1.44. The third-order valence-corrected chi connectivity index (χ3v) is 5.58. The van der Waals surface area contributed by atoms with E-state index in [0.29, 0.717) is 40.0 Å². The molecule has 0 saturated carbocycles. The van der Waals surface area contributed by atoms with Gasteiger partial charge in [-0.3, -0.25) is 4.79 Å². The monoisotopic (exact) mass is 465 g/mol. The highest BCUT2D eigenvalue weighted by Crippen LogP contribution is 2.39. The maximum Gasteiger partial charge on any atom is 0.291 e. The zero-order valence-electron chi connectivity index (χ0n) is 17.3. The molecule has 0 atom stereocenters. The van der Waals surface area contributed by atoms with Crippen LogP contribution < -0.4 is 19.5 Å². The molecule has 0 fully saturated rings. The Balaban J connectivity index is 1.84. The molecule has 31 heavy (non-hydrogen) atoms. The second-order valence-corrected chi connectivity index (χ2v) is 7.39. The summed E-state index contributed by atoms with van der Waals surface area (Å²) < 4.78 is 21.8. The molecule has 3 rings (SSSR count). The summed E-state index contributed by atoms with van der Waals surface area (Å²) in [6.07, 6.45) is 0.317. The largest absolute Gasteiger partial charge is 0.504 e. The quantitative estimate of drug-likeness (QED) is 0.449. The first kappa shape index (κ1) is 22.7. The molecule has 2 N–H and O–H groups in total. The van der Waals surface area contributed by atoms with Crippen molar-refractivity contribution in [3.05, 3.63) is 63.0 Å². The van der Waals surface area contributed by atoms with Gasteiger partial charge < -0.3 is 29.1 Å². The van der Waals surface area contributed by atoms with Crippen LogP contribution in [0, 0.1) is 6.92 Å². The van der Waals surface area contributed by atoms with Gasteiger partial charge in [-0.25, -0.2) is 0 Å². The Morgan fingerprint density at radius 1 is 1.06 bits per heavy atom. The van der Waals surface area contributed by atoms with Crippen molar-refractivity contribution in [3.63, 3.8) is 0 Å². The fourth-order valence-electron chi connectivity index (χ4n) is 3.00. The summed E-state index contributed by atoms with van der Waals surface area (Å²) in [7, 11) is 4.64. The molecule has 0 bridgehead atoms. The van der Waals surface area contributed by atoms with Gasteiger partial charge in [0.05, 0.1) is 32.0 Å². The number of benzene rings is 2. The minimum atomic E-state index is -0.564. The predicted octanol–water partition coefficient (Wildman–Crippen LogP) is 5.47. The molecule has 7 nitrogen and oxygen atoms in total. The first-order chi connectivity index (χ1) is 14.8. The number of phenols is 1. The van der Waals surface area contributed by atoms with Crippen molar-refractivity contribution < 1.29 is 28.5 Å². The van der Waals surface area contributed by atoms with Crippen molar-refractivity contribution in [1.82, 2.24) is 0 Å². The van der Waals surface area contributed by atoms with Crippen molar-refractivity contribution in [2.24, 2.45) is 0 Å². The van der Waals surface area contributed by atoms with Gasteiger partial charge in [0.15, 0.2) is 11.5 Å². The fraction of sp³-hybridized carbons (Fsp3) is 0.227. The Hall–Kier alpha value is -3.03. The van der Waals surface area contributed by atoms with Crippen molar-refractivity contribution in [3.8, 4) is 23.0 Å². The van der Waals surface area contributed by atoms with Crippen molar-refractivity contribution >= 4 is 34.8 Å². The summed E-state index contributed by atoms with van der Waals surface area (Å²) >= 11 is 12.1. The van der Waals surface area contributed by atoms with Gasteiger partial charge in [0.1, 0.15) is 23.0 Å². The minimum absolute atomic E-state index is 0.0497. The standard InChI is InChI=1S/C22H21Cl2NO6/c1-11-15(23)10-16(21(26)20(11)24)25-22(27)17-6-5-12(31-17)7-14-18(29-3)8-13(28-2)9-19(14)30-4/h5-6,8-10,26H,7H2,1-4H3,(H,25,27). The third kappa shape index (κ3) is 4.68. The highest BCUT2D eigenvalue weighted by Gasteiger charge is 2.19. The number of ether oxygens (including phenoxy) is 3. The SMILES string of the molecule is COc1cc(OC)c(Cc2ccc(C(=O)Nc3cc(Cl)c(C)c(Cl)c3O)o2)c(OC)c1. The van der Waals surface area contributed by atoms with Gasteiger partial charge >= 0.3 is 0 Å². The van der Waals surface area contributed by atoms with Gasteiger partial charge in [0.2, 0.25) is 0 Å². The van der Waals surface area contributed by atoms with Crippen LogP contribution in [0.2, 0.25) is 10.0 Å². The van der Waals surface area contributed by atoms with Gasteiger partial charge in [-0.05, 0) is 30.7 Å². The molecule has 0 radical (unpaired) electrons. The van der Waals surface area contributed by atoms with E-state index in [1.165, 1.54) is 12.1 Å². The van der Waals surface area contributed by atoms with Gasteiger partial charge in [0.25, 0.3) is 5.91 Å². The van der Waals surface area contributed by atoms with E-state index in [2.05, 4.69) is 5.32 Å². The molecular weight excluding hydrogens is 445 g/mol. The molecule has 0 unspecified atom stereocenters. The lowest BCUT2D eigenvalue weighted by atomic mass is 10.1. The number of nitrogens with one attached hydrogen (secondary N) is 1. The van der Waals surface area contributed by atoms with E-state index >= 15 is 0 Å². The van der Waals surface area contributed by atoms with Crippen LogP contribution in [0.5, 0.6) is 23.0 Å². The number of rotatable bonds is 7. The number of phenolic OH excluding ortho intramolecular Hbond substituents is 1. The zero-order valence-corrected chi connectivity index (χ0v) is 18.9. The third-order valence-electron chi connectivity index (χ3n) is 4.72. The topological polar surface area (TPSA) is 90.2 Å². The molecule has 1 amide bonds. The maximum atomic E-state index is 12.6. The zero-order chi connectivity index (χ0) is 22.7.